The van der Waals surface area contributed by atoms with Crippen LogP contribution < -0.4 is 15.4 Å². The van der Waals surface area contributed by atoms with Gasteiger partial charge in [-0.25, -0.2) is 4.39 Å². The molecule has 7 heteroatoms. The third-order valence-corrected chi connectivity index (χ3v) is 3.34. The van der Waals surface area contributed by atoms with Crippen LogP contribution in [0, 0.1) is 5.82 Å². The Balaban J connectivity index is 0.00000576. The Morgan fingerprint density at radius 2 is 2.04 bits per heavy atom. The van der Waals surface area contributed by atoms with Gasteiger partial charge in [0.1, 0.15) is 17.7 Å². The fourth-order valence-electron chi connectivity index (χ4n) is 2.03. The number of halogens is 2. The second kappa shape index (κ2) is 14.1. The van der Waals surface area contributed by atoms with E-state index in [0.717, 1.165) is 32.0 Å². The van der Waals surface area contributed by atoms with Crippen molar-refractivity contribution in [3.63, 3.8) is 0 Å². The van der Waals surface area contributed by atoms with Gasteiger partial charge in [0, 0.05) is 26.3 Å². The van der Waals surface area contributed by atoms with Crippen LogP contribution in [0.25, 0.3) is 0 Å². The molecular weight excluding hydrogens is 436 g/mol. The van der Waals surface area contributed by atoms with Gasteiger partial charge in [0.25, 0.3) is 0 Å². The monoisotopic (exact) mass is 467 g/mol. The van der Waals surface area contributed by atoms with E-state index in [0.29, 0.717) is 12.3 Å². The van der Waals surface area contributed by atoms with Crippen LogP contribution in [-0.2, 0) is 4.74 Å². The van der Waals surface area contributed by atoms with Crippen LogP contribution in [0.5, 0.6) is 5.75 Å². The Hall–Kier alpha value is -1.09. The Morgan fingerprint density at radius 1 is 1.28 bits per heavy atom. The van der Waals surface area contributed by atoms with Crippen LogP contribution in [0.4, 0.5) is 4.39 Å². The topological polar surface area (TPSA) is 54.9 Å². The first kappa shape index (κ1) is 23.9. The molecule has 1 aromatic rings. The highest BCUT2D eigenvalue weighted by Gasteiger charge is 2.09. The lowest BCUT2D eigenvalue weighted by Crippen LogP contribution is -2.42. The number of aliphatic imine (C=N–C) groups is 1. The molecule has 0 radical (unpaired) electrons. The molecule has 0 aliphatic rings. The molecule has 0 fully saturated rings. The second-order valence-corrected chi connectivity index (χ2v) is 5.76. The smallest absolute Gasteiger partial charge is 0.191 e. The number of benzene rings is 1. The van der Waals surface area contributed by atoms with Gasteiger partial charge < -0.3 is 20.1 Å². The summed E-state index contributed by atoms with van der Waals surface area (Å²) in [6, 6.07) is 6.20. The molecule has 0 saturated carbocycles. The van der Waals surface area contributed by atoms with Crippen LogP contribution in [0.1, 0.15) is 33.6 Å². The van der Waals surface area contributed by atoms with Crippen molar-refractivity contribution in [3.05, 3.63) is 30.1 Å². The lowest BCUT2D eigenvalue weighted by atomic mass is 10.2. The second-order valence-electron chi connectivity index (χ2n) is 5.76. The highest BCUT2D eigenvalue weighted by atomic mass is 127. The molecule has 0 heterocycles. The zero-order valence-electron chi connectivity index (χ0n) is 15.5. The molecule has 0 bridgehead atoms. The Morgan fingerprint density at radius 3 is 2.64 bits per heavy atom. The lowest BCUT2D eigenvalue weighted by Gasteiger charge is -2.20. The summed E-state index contributed by atoms with van der Waals surface area (Å²) in [4.78, 5) is 4.19. The molecule has 2 N–H and O–H groups in total. The number of guanidine groups is 1. The summed E-state index contributed by atoms with van der Waals surface area (Å²) in [5.41, 5.74) is 0. The number of nitrogens with zero attached hydrogens (tertiary/aromatic N) is 1. The van der Waals surface area contributed by atoms with Crippen molar-refractivity contribution in [1.29, 1.82) is 0 Å². The van der Waals surface area contributed by atoms with Crippen molar-refractivity contribution < 1.29 is 13.9 Å². The van der Waals surface area contributed by atoms with Gasteiger partial charge in [-0.05, 0) is 38.8 Å². The minimum Gasteiger partial charge on any atom is -0.489 e. The molecule has 5 nitrogen and oxygen atoms in total. The van der Waals surface area contributed by atoms with E-state index in [-0.39, 0.29) is 42.0 Å². The maximum Gasteiger partial charge on any atom is 0.191 e. The third-order valence-electron chi connectivity index (χ3n) is 3.34. The largest absolute Gasteiger partial charge is 0.489 e. The molecule has 1 atom stereocenters. The first-order valence-electron chi connectivity index (χ1n) is 8.53. The zero-order valence-corrected chi connectivity index (χ0v) is 17.9. The molecule has 1 unspecified atom stereocenters. The van der Waals surface area contributed by atoms with Crippen molar-refractivity contribution in [1.82, 2.24) is 10.6 Å². The fraction of sp³-hybridized carbons (Fsp3) is 0.611. The van der Waals surface area contributed by atoms with E-state index in [4.69, 9.17) is 9.47 Å². The van der Waals surface area contributed by atoms with Crippen LogP contribution in [0.2, 0.25) is 0 Å². The molecule has 0 spiro atoms. The summed E-state index contributed by atoms with van der Waals surface area (Å²) in [6.07, 6.45) is 1.92. The minimum absolute atomic E-state index is 0. The first-order valence-corrected chi connectivity index (χ1v) is 8.53. The summed E-state index contributed by atoms with van der Waals surface area (Å²) in [7, 11) is 1.73. The van der Waals surface area contributed by atoms with Crippen molar-refractivity contribution >= 4 is 29.9 Å². The Labute approximate surface area is 167 Å². The van der Waals surface area contributed by atoms with E-state index in [1.54, 1.807) is 19.2 Å². The standard InChI is InChI=1S/C18H30FN3O2.HI/c1-5-16(24-17-9-6-8-15(19)12-17)13-22-18(20-4)21-10-7-11-23-14(2)3;/h6,8-9,12,14,16H,5,7,10-11,13H2,1-4H3,(H2,20,21,22);1H. The van der Waals surface area contributed by atoms with E-state index in [9.17, 15) is 4.39 Å². The summed E-state index contributed by atoms with van der Waals surface area (Å²) in [5, 5.41) is 6.47. The van der Waals surface area contributed by atoms with E-state index in [1.807, 2.05) is 20.8 Å². The molecule has 0 saturated heterocycles. The van der Waals surface area contributed by atoms with Crippen molar-refractivity contribution in [2.24, 2.45) is 4.99 Å². The highest BCUT2D eigenvalue weighted by Crippen LogP contribution is 2.14. The first-order chi connectivity index (χ1) is 11.5. The highest BCUT2D eigenvalue weighted by molar-refractivity contribution is 14.0. The zero-order chi connectivity index (χ0) is 17.8. The fourth-order valence-corrected chi connectivity index (χ4v) is 2.03. The van der Waals surface area contributed by atoms with Crippen LogP contribution in [0.15, 0.2) is 29.3 Å². The van der Waals surface area contributed by atoms with E-state index in [1.165, 1.54) is 12.1 Å². The van der Waals surface area contributed by atoms with Gasteiger partial charge in [0.2, 0.25) is 0 Å². The van der Waals surface area contributed by atoms with Crippen LogP contribution in [0.3, 0.4) is 0 Å². The summed E-state index contributed by atoms with van der Waals surface area (Å²) >= 11 is 0. The van der Waals surface area contributed by atoms with Gasteiger partial charge in [0.15, 0.2) is 5.96 Å². The number of rotatable bonds is 10. The SMILES string of the molecule is CCC(CNC(=NC)NCCCOC(C)C)Oc1cccc(F)c1.I. The van der Waals surface area contributed by atoms with Gasteiger partial charge in [-0.15, -0.1) is 24.0 Å². The molecule has 0 amide bonds. The molecule has 144 valence electrons. The van der Waals surface area contributed by atoms with E-state index in [2.05, 4.69) is 15.6 Å². The molecule has 25 heavy (non-hydrogen) atoms. The molecular formula is C18H31FIN3O2. The Bertz CT molecular complexity index is 501. The lowest BCUT2D eigenvalue weighted by molar-refractivity contribution is 0.0776. The van der Waals surface area contributed by atoms with E-state index >= 15 is 0 Å². The van der Waals surface area contributed by atoms with Gasteiger partial charge >= 0.3 is 0 Å². The summed E-state index contributed by atoms with van der Waals surface area (Å²) in [5.74, 6) is 0.967. The van der Waals surface area contributed by atoms with Crippen molar-refractivity contribution in [3.8, 4) is 5.75 Å². The number of hydrogen-bond donors (Lipinski definition) is 2. The quantitative estimate of drug-likeness (QED) is 0.239. The summed E-state index contributed by atoms with van der Waals surface area (Å²) < 4.78 is 24.5. The van der Waals surface area contributed by atoms with Gasteiger partial charge in [0.05, 0.1) is 12.6 Å². The van der Waals surface area contributed by atoms with Crippen molar-refractivity contribution in [2.75, 3.05) is 26.7 Å². The molecule has 0 aromatic heterocycles. The maximum absolute atomic E-state index is 13.2. The van der Waals surface area contributed by atoms with Crippen LogP contribution >= 0.6 is 24.0 Å². The van der Waals surface area contributed by atoms with Gasteiger partial charge in [-0.1, -0.05) is 13.0 Å². The third kappa shape index (κ3) is 11.2. The summed E-state index contributed by atoms with van der Waals surface area (Å²) in [6.45, 7) is 8.19. The number of hydrogen-bond acceptors (Lipinski definition) is 3. The normalized spacial score (nSPS) is 12.5. The van der Waals surface area contributed by atoms with E-state index < -0.39 is 0 Å². The average molecular weight is 467 g/mol. The molecule has 0 aliphatic heterocycles. The Kier molecular flexibility index (Phi) is 13.5. The predicted molar refractivity (Wildman–Crippen MR) is 112 cm³/mol. The average Bonchev–Trinajstić information content (AvgIpc) is 2.55. The van der Waals surface area contributed by atoms with Gasteiger partial charge in [-0.2, -0.15) is 0 Å². The maximum atomic E-state index is 13.2. The number of ether oxygens (including phenoxy) is 2. The van der Waals surface area contributed by atoms with Gasteiger partial charge in [-0.3, -0.25) is 4.99 Å². The van der Waals surface area contributed by atoms with Crippen molar-refractivity contribution in [2.45, 2.75) is 45.8 Å². The predicted octanol–water partition coefficient (Wildman–Crippen LogP) is 3.58. The van der Waals surface area contributed by atoms with Crippen LogP contribution in [-0.4, -0.2) is 44.9 Å². The number of nitrogens with one attached hydrogen (secondary N) is 2. The molecule has 0 aliphatic carbocycles. The molecule has 1 aromatic carbocycles. The minimum atomic E-state index is -0.295. The molecule has 1 rings (SSSR count).